The molecular formula is C12H21NO4S. The van der Waals surface area contributed by atoms with Crippen LogP contribution in [0.1, 0.15) is 32.3 Å². The molecule has 1 N–H and O–H groups in total. The third kappa shape index (κ3) is 3.13. The van der Waals surface area contributed by atoms with Crippen LogP contribution in [0.4, 0.5) is 0 Å². The summed E-state index contributed by atoms with van der Waals surface area (Å²) in [5.41, 5.74) is 0. The Labute approximate surface area is 108 Å². The van der Waals surface area contributed by atoms with Crippen LogP contribution in [0.2, 0.25) is 0 Å². The number of nitrogens with zero attached hydrogens (tertiary/aromatic N) is 1. The minimum Gasteiger partial charge on any atom is -0.462 e. The third-order valence-corrected chi connectivity index (χ3v) is 4.67. The molecule has 0 aliphatic heterocycles. The molecule has 1 heterocycles. The van der Waals surface area contributed by atoms with E-state index in [4.69, 9.17) is 9.52 Å². The molecule has 0 amide bonds. The maximum Gasteiger partial charge on any atom is 0.246 e. The van der Waals surface area contributed by atoms with E-state index in [0.29, 0.717) is 18.8 Å². The van der Waals surface area contributed by atoms with Crippen molar-refractivity contribution < 1.29 is 17.9 Å². The predicted molar refractivity (Wildman–Crippen MR) is 68.6 cm³/mol. The van der Waals surface area contributed by atoms with Gasteiger partial charge in [0, 0.05) is 19.2 Å². The molecule has 0 saturated carbocycles. The van der Waals surface area contributed by atoms with Gasteiger partial charge in [-0.15, -0.1) is 0 Å². The molecule has 104 valence electrons. The average molecular weight is 275 g/mol. The molecule has 0 radical (unpaired) electrons. The van der Waals surface area contributed by atoms with Crippen LogP contribution in [0.25, 0.3) is 0 Å². The summed E-state index contributed by atoms with van der Waals surface area (Å²) in [7, 11) is -3.54. The molecule has 1 aromatic rings. The van der Waals surface area contributed by atoms with Gasteiger partial charge in [-0.1, -0.05) is 20.8 Å². The lowest BCUT2D eigenvalue weighted by Crippen LogP contribution is -2.34. The number of sulfonamides is 1. The summed E-state index contributed by atoms with van der Waals surface area (Å²) < 4.78 is 31.5. The van der Waals surface area contributed by atoms with Crippen molar-refractivity contribution in [2.75, 3.05) is 13.1 Å². The number of aliphatic hydroxyl groups is 1. The first kappa shape index (κ1) is 15.2. The van der Waals surface area contributed by atoms with E-state index in [1.807, 2.05) is 20.8 Å². The summed E-state index contributed by atoms with van der Waals surface area (Å²) >= 11 is 0. The lowest BCUT2D eigenvalue weighted by Gasteiger charge is -2.21. The number of furan rings is 1. The molecule has 0 saturated heterocycles. The van der Waals surface area contributed by atoms with Crippen LogP contribution in [0.15, 0.2) is 15.4 Å². The molecule has 0 aliphatic rings. The van der Waals surface area contributed by atoms with Gasteiger partial charge in [0.05, 0.1) is 0 Å². The van der Waals surface area contributed by atoms with Crippen molar-refractivity contribution in [3.63, 3.8) is 0 Å². The van der Waals surface area contributed by atoms with Crippen LogP contribution in [-0.2, 0) is 16.6 Å². The summed E-state index contributed by atoms with van der Waals surface area (Å²) in [5, 5.41) is 8.98. The number of hydrogen-bond donors (Lipinski definition) is 1. The molecule has 0 aliphatic carbocycles. The second-order valence-corrected chi connectivity index (χ2v) is 6.55. The third-order valence-electron chi connectivity index (χ3n) is 2.62. The van der Waals surface area contributed by atoms with E-state index in [0.717, 1.165) is 0 Å². The fourth-order valence-corrected chi connectivity index (χ4v) is 3.60. The molecule has 0 spiro atoms. The fraction of sp³-hybridized carbons (Fsp3) is 0.667. The van der Waals surface area contributed by atoms with Crippen LogP contribution in [-0.4, -0.2) is 30.9 Å². The molecule has 0 unspecified atom stereocenters. The Bertz CT molecular complexity index is 490. The normalized spacial score (nSPS) is 12.6. The smallest absolute Gasteiger partial charge is 0.246 e. The Morgan fingerprint density at radius 2 is 2.06 bits per heavy atom. The van der Waals surface area contributed by atoms with Crippen molar-refractivity contribution >= 4 is 10.0 Å². The molecule has 0 atom stereocenters. The van der Waals surface area contributed by atoms with Gasteiger partial charge in [0.2, 0.25) is 10.0 Å². The molecule has 5 nitrogen and oxygen atoms in total. The zero-order chi connectivity index (χ0) is 13.9. The Morgan fingerprint density at radius 1 is 1.44 bits per heavy atom. The standard InChI is InChI=1S/C12H21NO4S/c1-5-13(7-9(2)3)18(15,16)12-6-11(8-14)17-10(12)4/h6,9,14H,5,7-8H2,1-4H3. The summed E-state index contributed by atoms with van der Waals surface area (Å²) in [4.78, 5) is 0.147. The van der Waals surface area contributed by atoms with Crippen molar-refractivity contribution in [3.05, 3.63) is 17.6 Å². The zero-order valence-electron chi connectivity index (χ0n) is 11.3. The minimum absolute atomic E-state index is 0.147. The molecule has 0 fully saturated rings. The van der Waals surface area contributed by atoms with E-state index in [2.05, 4.69) is 0 Å². The molecule has 6 heteroatoms. The number of aryl methyl sites for hydroxylation is 1. The number of rotatable bonds is 6. The summed E-state index contributed by atoms with van der Waals surface area (Å²) in [6.07, 6.45) is 0. The van der Waals surface area contributed by atoms with E-state index in [-0.39, 0.29) is 23.2 Å². The van der Waals surface area contributed by atoms with Crippen molar-refractivity contribution in [2.24, 2.45) is 5.92 Å². The van der Waals surface area contributed by atoms with Gasteiger partial charge in [-0.25, -0.2) is 8.42 Å². The van der Waals surface area contributed by atoms with E-state index < -0.39 is 10.0 Å². The first-order valence-electron chi connectivity index (χ1n) is 6.03. The highest BCUT2D eigenvalue weighted by Crippen LogP contribution is 2.24. The topological polar surface area (TPSA) is 70.8 Å². The van der Waals surface area contributed by atoms with E-state index in [1.165, 1.54) is 10.4 Å². The molecule has 0 aromatic carbocycles. The SMILES string of the molecule is CCN(CC(C)C)S(=O)(=O)c1cc(CO)oc1C. The molecule has 18 heavy (non-hydrogen) atoms. The monoisotopic (exact) mass is 275 g/mol. The molecular weight excluding hydrogens is 254 g/mol. The minimum atomic E-state index is -3.54. The van der Waals surface area contributed by atoms with E-state index in [9.17, 15) is 8.42 Å². The van der Waals surface area contributed by atoms with E-state index in [1.54, 1.807) is 6.92 Å². The summed E-state index contributed by atoms with van der Waals surface area (Å²) in [5.74, 6) is 0.845. The highest BCUT2D eigenvalue weighted by atomic mass is 32.2. The van der Waals surface area contributed by atoms with Gasteiger partial charge in [-0.3, -0.25) is 0 Å². The summed E-state index contributed by atoms with van der Waals surface area (Å²) in [6.45, 7) is 7.93. The van der Waals surface area contributed by atoms with Crippen molar-refractivity contribution in [1.82, 2.24) is 4.31 Å². The highest BCUT2D eigenvalue weighted by molar-refractivity contribution is 7.89. The van der Waals surface area contributed by atoms with Crippen molar-refractivity contribution in [3.8, 4) is 0 Å². The van der Waals surface area contributed by atoms with Crippen molar-refractivity contribution in [1.29, 1.82) is 0 Å². The molecule has 0 bridgehead atoms. The van der Waals surface area contributed by atoms with Crippen LogP contribution < -0.4 is 0 Å². The highest BCUT2D eigenvalue weighted by Gasteiger charge is 2.28. The van der Waals surface area contributed by atoms with Crippen LogP contribution >= 0.6 is 0 Å². The lowest BCUT2D eigenvalue weighted by molar-refractivity contribution is 0.244. The Kier molecular flexibility index (Phi) is 4.95. The first-order valence-corrected chi connectivity index (χ1v) is 7.47. The average Bonchev–Trinajstić information content (AvgIpc) is 2.67. The Morgan fingerprint density at radius 3 is 2.44 bits per heavy atom. The quantitative estimate of drug-likeness (QED) is 0.858. The Balaban J connectivity index is 3.14. The molecule has 1 aromatic heterocycles. The first-order chi connectivity index (χ1) is 8.32. The summed E-state index contributed by atoms with van der Waals surface area (Å²) in [6, 6.07) is 1.40. The lowest BCUT2D eigenvalue weighted by atomic mass is 10.2. The molecule has 1 rings (SSSR count). The van der Waals surface area contributed by atoms with Gasteiger partial charge in [0.25, 0.3) is 0 Å². The number of hydrogen-bond acceptors (Lipinski definition) is 4. The van der Waals surface area contributed by atoms with Crippen molar-refractivity contribution in [2.45, 2.75) is 39.2 Å². The van der Waals surface area contributed by atoms with Gasteiger partial charge < -0.3 is 9.52 Å². The fourth-order valence-electron chi connectivity index (χ4n) is 1.80. The maximum absolute atomic E-state index is 12.4. The zero-order valence-corrected chi connectivity index (χ0v) is 12.1. The van der Waals surface area contributed by atoms with Crippen LogP contribution in [0.3, 0.4) is 0 Å². The van der Waals surface area contributed by atoms with Crippen LogP contribution in [0, 0.1) is 12.8 Å². The van der Waals surface area contributed by atoms with Crippen LogP contribution in [0.5, 0.6) is 0 Å². The second kappa shape index (κ2) is 5.86. The predicted octanol–water partition coefficient (Wildman–Crippen LogP) is 1.75. The Hall–Kier alpha value is -0.850. The van der Waals surface area contributed by atoms with Gasteiger partial charge in [0.15, 0.2) is 0 Å². The number of aliphatic hydroxyl groups excluding tert-OH is 1. The largest absolute Gasteiger partial charge is 0.462 e. The second-order valence-electron chi connectivity index (χ2n) is 4.64. The van der Waals surface area contributed by atoms with E-state index >= 15 is 0 Å². The maximum atomic E-state index is 12.4. The van der Waals surface area contributed by atoms with Gasteiger partial charge >= 0.3 is 0 Å². The van der Waals surface area contributed by atoms with Gasteiger partial charge in [-0.05, 0) is 12.8 Å². The van der Waals surface area contributed by atoms with Gasteiger partial charge in [-0.2, -0.15) is 4.31 Å². The van der Waals surface area contributed by atoms with Gasteiger partial charge in [0.1, 0.15) is 23.0 Å².